The molecule has 0 aliphatic rings. The van der Waals surface area contributed by atoms with Gasteiger partial charge >= 0.3 is 0 Å². The first-order valence-corrected chi connectivity index (χ1v) is 11.0. The first-order valence-electron chi connectivity index (χ1n) is 10.2. The third-order valence-electron chi connectivity index (χ3n) is 4.77. The van der Waals surface area contributed by atoms with E-state index in [0.717, 1.165) is 11.1 Å². The number of carbonyl (C=O) groups excluding carboxylic acids is 2. The highest BCUT2D eigenvalue weighted by atomic mass is 35.5. The number of ether oxygens (including phenoxy) is 1. The third kappa shape index (κ3) is 6.61. The Kier molecular flexibility index (Phi) is 8.31. The monoisotopic (exact) mass is 493 g/mol. The molecule has 0 bridgehead atoms. The number of carbonyl (C=O) groups is 2. The van der Waals surface area contributed by atoms with Crippen LogP contribution in [0.2, 0.25) is 10.0 Å². The topological polar surface area (TPSA) is 91.2 Å². The molecule has 0 saturated heterocycles. The molecular formula is C26H21Cl2N3O3. The predicted octanol–water partition coefficient (Wildman–Crippen LogP) is 6.17. The number of hydrogen-bond acceptors (Lipinski definition) is 4. The minimum absolute atomic E-state index is 0.188. The van der Waals surface area contributed by atoms with Crippen LogP contribution in [0.15, 0.2) is 66.2 Å². The Labute approximate surface area is 207 Å². The molecule has 0 aliphatic carbocycles. The van der Waals surface area contributed by atoms with Crippen molar-refractivity contribution in [3.8, 4) is 11.8 Å². The maximum Gasteiger partial charge on any atom is 0.266 e. The molecule has 2 N–H and O–H groups in total. The Morgan fingerprint density at radius 2 is 1.76 bits per heavy atom. The zero-order valence-electron chi connectivity index (χ0n) is 18.5. The molecule has 0 saturated carbocycles. The van der Waals surface area contributed by atoms with Crippen LogP contribution in [0.25, 0.3) is 6.08 Å². The summed E-state index contributed by atoms with van der Waals surface area (Å²) in [6, 6.07) is 19.0. The summed E-state index contributed by atoms with van der Waals surface area (Å²) in [5, 5.41) is 15.7. The van der Waals surface area contributed by atoms with Gasteiger partial charge in [0.1, 0.15) is 17.4 Å². The molecule has 34 heavy (non-hydrogen) atoms. The molecule has 0 unspecified atom stereocenters. The molecule has 2 amide bonds. The van der Waals surface area contributed by atoms with Gasteiger partial charge in [-0.1, -0.05) is 53.0 Å². The fraction of sp³-hybridized carbons (Fsp3) is 0.115. The first-order chi connectivity index (χ1) is 16.3. The van der Waals surface area contributed by atoms with E-state index in [0.29, 0.717) is 32.7 Å². The summed E-state index contributed by atoms with van der Waals surface area (Å²) in [6.07, 6.45) is 1.34. The standard InChI is InChI=1S/C26H21Cl2N3O3/c1-16-7-9-22(17(2)11-16)30-25(32)15-34-24-10-8-20(27)13-18(24)12-19(14-29)26(33)31-23-6-4-3-5-21(23)28/h3-13H,15H2,1-2H3,(H,30,32)(H,31,33)/b19-12+. The van der Waals surface area contributed by atoms with E-state index in [1.54, 1.807) is 42.5 Å². The number of rotatable bonds is 7. The van der Waals surface area contributed by atoms with Gasteiger partial charge < -0.3 is 15.4 Å². The molecule has 3 rings (SSSR count). The average Bonchev–Trinajstić information content (AvgIpc) is 2.80. The van der Waals surface area contributed by atoms with Crippen LogP contribution in [0, 0.1) is 25.2 Å². The summed E-state index contributed by atoms with van der Waals surface area (Å²) in [5.74, 6) is -0.707. The molecule has 6 nitrogen and oxygen atoms in total. The second-order valence-corrected chi connectivity index (χ2v) is 8.28. The summed E-state index contributed by atoms with van der Waals surface area (Å²) < 4.78 is 5.67. The Balaban J connectivity index is 1.76. The maximum atomic E-state index is 12.6. The molecule has 0 aliphatic heterocycles. The number of aryl methyl sites for hydroxylation is 2. The minimum Gasteiger partial charge on any atom is -0.483 e. The summed E-state index contributed by atoms with van der Waals surface area (Å²) in [5.41, 5.74) is 3.28. The normalized spacial score (nSPS) is 10.9. The second kappa shape index (κ2) is 11.4. The summed E-state index contributed by atoms with van der Waals surface area (Å²) >= 11 is 12.2. The summed E-state index contributed by atoms with van der Waals surface area (Å²) in [7, 11) is 0. The predicted molar refractivity (Wildman–Crippen MR) is 135 cm³/mol. The van der Waals surface area contributed by atoms with Crippen LogP contribution in [0.3, 0.4) is 0 Å². The van der Waals surface area contributed by atoms with Crippen molar-refractivity contribution in [1.29, 1.82) is 5.26 Å². The van der Waals surface area contributed by atoms with E-state index >= 15 is 0 Å². The van der Waals surface area contributed by atoms with Crippen molar-refractivity contribution in [3.63, 3.8) is 0 Å². The number of nitrogens with one attached hydrogen (secondary N) is 2. The van der Waals surface area contributed by atoms with Crippen LogP contribution < -0.4 is 15.4 Å². The molecule has 0 fully saturated rings. The van der Waals surface area contributed by atoms with Gasteiger partial charge in [-0.3, -0.25) is 9.59 Å². The fourth-order valence-corrected chi connectivity index (χ4v) is 3.47. The van der Waals surface area contributed by atoms with Gasteiger partial charge in [0.15, 0.2) is 6.61 Å². The number of benzene rings is 3. The minimum atomic E-state index is -0.644. The lowest BCUT2D eigenvalue weighted by atomic mass is 10.1. The molecule has 0 heterocycles. The highest BCUT2D eigenvalue weighted by molar-refractivity contribution is 6.34. The van der Waals surface area contributed by atoms with Crippen LogP contribution in [-0.4, -0.2) is 18.4 Å². The quantitative estimate of drug-likeness (QED) is 0.304. The smallest absolute Gasteiger partial charge is 0.266 e. The van der Waals surface area contributed by atoms with Crippen LogP contribution in [0.4, 0.5) is 11.4 Å². The van der Waals surface area contributed by atoms with Crippen molar-refractivity contribution in [1.82, 2.24) is 0 Å². The number of halogens is 2. The lowest BCUT2D eigenvalue weighted by Gasteiger charge is -2.12. The summed E-state index contributed by atoms with van der Waals surface area (Å²) in [6.45, 7) is 3.60. The Hall–Kier alpha value is -3.79. The van der Waals surface area contributed by atoms with Crippen molar-refractivity contribution in [2.24, 2.45) is 0 Å². The molecule has 3 aromatic rings. The fourth-order valence-electron chi connectivity index (χ4n) is 3.10. The van der Waals surface area contributed by atoms with Crippen LogP contribution in [0.5, 0.6) is 5.75 Å². The highest BCUT2D eigenvalue weighted by Crippen LogP contribution is 2.27. The van der Waals surface area contributed by atoms with Crippen molar-refractivity contribution in [3.05, 3.63) is 93.0 Å². The van der Waals surface area contributed by atoms with Gasteiger partial charge in [-0.05, 0) is 61.9 Å². The third-order valence-corrected chi connectivity index (χ3v) is 5.34. The molecule has 0 spiro atoms. The lowest BCUT2D eigenvalue weighted by Crippen LogP contribution is -2.21. The van der Waals surface area contributed by atoms with Gasteiger partial charge in [-0.2, -0.15) is 5.26 Å². The van der Waals surface area contributed by atoms with Gasteiger partial charge in [-0.25, -0.2) is 0 Å². The van der Waals surface area contributed by atoms with Gasteiger partial charge in [0.25, 0.3) is 11.8 Å². The van der Waals surface area contributed by atoms with Gasteiger partial charge in [-0.15, -0.1) is 0 Å². The summed E-state index contributed by atoms with van der Waals surface area (Å²) in [4.78, 5) is 25.0. The zero-order valence-corrected chi connectivity index (χ0v) is 20.0. The number of hydrogen-bond donors (Lipinski definition) is 2. The average molecular weight is 494 g/mol. The molecule has 0 aromatic heterocycles. The van der Waals surface area contributed by atoms with Gasteiger partial charge in [0, 0.05) is 16.3 Å². The second-order valence-electron chi connectivity index (χ2n) is 7.44. The number of anilines is 2. The van der Waals surface area contributed by atoms with Gasteiger partial charge in [0.2, 0.25) is 0 Å². The number of nitrogens with zero attached hydrogens (tertiary/aromatic N) is 1. The van der Waals surface area contributed by atoms with Crippen molar-refractivity contribution >= 4 is 52.5 Å². The van der Waals surface area contributed by atoms with E-state index in [1.165, 1.54) is 6.08 Å². The van der Waals surface area contributed by atoms with Gasteiger partial charge in [0.05, 0.1) is 10.7 Å². The Morgan fingerprint density at radius 3 is 2.47 bits per heavy atom. The number of para-hydroxylation sites is 1. The Bertz CT molecular complexity index is 1310. The number of nitriles is 1. The van der Waals surface area contributed by atoms with Crippen LogP contribution >= 0.6 is 23.2 Å². The molecule has 172 valence electrons. The van der Waals surface area contributed by atoms with Crippen molar-refractivity contribution < 1.29 is 14.3 Å². The first kappa shape index (κ1) is 24.8. The molecule has 0 radical (unpaired) electrons. The lowest BCUT2D eigenvalue weighted by molar-refractivity contribution is -0.118. The van der Waals surface area contributed by atoms with Crippen molar-refractivity contribution in [2.75, 3.05) is 17.2 Å². The molecular weight excluding hydrogens is 473 g/mol. The van der Waals surface area contributed by atoms with Crippen molar-refractivity contribution in [2.45, 2.75) is 13.8 Å². The van der Waals surface area contributed by atoms with E-state index < -0.39 is 5.91 Å². The van der Waals surface area contributed by atoms with E-state index in [1.807, 2.05) is 38.1 Å². The van der Waals surface area contributed by atoms with Crippen LogP contribution in [-0.2, 0) is 9.59 Å². The van der Waals surface area contributed by atoms with E-state index in [4.69, 9.17) is 27.9 Å². The zero-order chi connectivity index (χ0) is 24.7. The molecule has 3 aromatic carbocycles. The molecule has 0 atom stereocenters. The van der Waals surface area contributed by atoms with E-state index in [-0.39, 0.29) is 18.1 Å². The SMILES string of the molecule is Cc1ccc(NC(=O)COc2ccc(Cl)cc2/C=C(\C#N)C(=O)Nc2ccccc2Cl)c(C)c1. The largest absolute Gasteiger partial charge is 0.483 e. The highest BCUT2D eigenvalue weighted by Gasteiger charge is 2.14. The maximum absolute atomic E-state index is 12.6. The Morgan fingerprint density at radius 1 is 1.00 bits per heavy atom. The molecule has 8 heteroatoms. The van der Waals surface area contributed by atoms with E-state index in [2.05, 4.69) is 10.6 Å². The number of amides is 2. The van der Waals surface area contributed by atoms with Crippen LogP contribution in [0.1, 0.15) is 16.7 Å². The van der Waals surface area contributed by atoms with E-state index in [9.17, 15) is 14.9 Å².